The highest BCUT2D eigenvalue weighted by atomic mass is 79.9. The summed E-state index contributed by atoms with van der Waals surface area (Å²) in [4.78, 5) is 1.30. The predicted octanol–water partition coefficient (Wildman–Crippen LogP) is 5.27. The lowest BCUT2D eigenvalue weighted by Crippen LogP contribution is -2.06. The molecule has 1 aliphatic rings. The van der Waals surface area contributed by atoms with Gasteiger partial charge in [0.15, 0.2) is 0 Å². The van der Waals surface area contributed by atoms with Crippen molar-refractivity contribution in [3.05, 3.63) is 58.1 Å². The first-order chi connectivity index (χ1) is 9.28. The summed E-state index contributed by atoms with van der Waals surface area (Å²) >= 11 is 5.43. The van der Waals surface area contributed by atoms with Crippen molar-refractivity contribution in [1.29, 1.82) is 0 Å². The standard InChI is InChI=1S/C16H16BrNS/c1-19-12-5-2-4-11(10-12)18-16-9-8-13-14(16)6-3-7-15(13)17/h2-7,10,16,18H,8-9H2,1H3. The fourth-order valence-corrected chi connectivity index (χ4v) is 3.71. The van der Waals surface area contributed by atoms with Crippen molar-refractivity contribution in [3.63, 3.8) is 0 Å². The van der Waals surface area contributed by atoms with Gasteiger partial charge in [-0.2, -0.15) is 0 Å². The lowest BCUT2D eigenvalue weighted by Gasteiger charge is -2.16. The van der Waals surface area contributed by atoms with Gasteiger partial charge < -0.3 is 5.32 Å². The Kier molecular flexibility index (Phi) is 3.85. The van der Waals surface area contributed by atoms with Gasteiger partial charge in [0.05, 0.1) is 6.04 Å². The molecule has 1 N–H and O–H groups in total. The second-order valence-corrected chi connectivity index (χ2v) is 6.51. The zero-order valence-electron chi connectivity index (χ0n) is 10.8. The van der Waals surface area contributed by atoms with E-state index in [-0.39, 0.29) is 0 Å². The van der Waals surface area contributed by atoms with E-state index in [1.54, 1.807) is 11.8 Å². The van der Waals surface area contributed by atoms with E-state index in [4.69, 9.17) is 0 Å². The lowest BCUT2D eigenvalue weighted by molar-refractivity contribution is 0.761. The molecule has 0 amide bonds. The molecule has 1 atom stereocenters. The molecule has 0 saturated carbocycles. The van der Waals surface area contributed by atoms with Gasteiger partial charge in [-0.15, -0.1) is 11.8 Å². The molecule has 2 aromatic carbocycles. The first kappa shape index (κ1) is 13.1. The van der Waals surface area contributed by atoms with Gasteiger partial charge >= 0.3 is 0 Å². The lowest BCUT2D eigenvalue weighted by atomic mass is 10.1. The second kappa shape index (κ2) is 5.59. The fourth-order valence-electron chi connectivity index (χ4n) is 2.67. The third-order valence-corrected chi connectivity index (χ3v) is 5.09. The Morgan fingerprint density at radius 2 is 2.05 bits per heavy atom. The molecule has 0 spiro atoms. The number of hydrogen-bond donors (Lipinski definition) is 1. The SMILES string of the molecule is CSc1cccc(NC2CCc3c(Br)cccc32)c1. The second-order valence-electron chi connectivity index (χ2n) is 4.78. The molecule has 98 valence electrons. The van der Waals surface area contributed by atoms with Crippen molar-refractivity contribution in [2.75, 3.05) is 11.6 Å². The maximum atomic E-state index is 3.66. The Labute approximate surface area is 126 Å². The molecule has 3 rings (SSSR count). The molecule has 2 aromatic rings. The van der Waals surface area contributed by atoms with Crippen molar-refractivity contribution >= 4 is 33.4 Å². The predicted molar refractivity (Wildman–Crippen MR) is 87.0 cm³/mol. The zero-order chi connectivity index (χ0) is 13.2. The highest BCUT2D eigenvalue weighted by Gasteiger charge is 2.23. The number of fused-ring (bicyclic) bond motifs is 1. The Morgan fingerprint density at radius 1 is 1.21 bits per heavy atom. The van der Waals surface area contributed by atoms with Crippen molar-refractivity contribution in [3.8, 4) is 0 Å². The van der Waals surface area contributed by atoms with Crippen LogP contribution in [0.5, 0.6) is 0 Å². The molecule has 0 radical (unpaired) electrons. The van der Waals surface area contributed by atoms with E-state index in [0.717, 1.165) is 6.42 Å². The number of nitrogens with one attached hydrogen (secondary N) is 1. The molecule has 19 heavy (non-hydrogen) atoms. The summed E-state index contributed by atoms with van der Waals surface area (Å²) in [6.07, 6.45) is 4.43. The molecule has 1 nitrogen and oxygen atoms in total. The average molecular weight is 334 g/mol. The molecule has 0 fully saturated rings. The number of benzene rings is 2. The van der Waals surface area contributed by atoms with Crippen LogP contribution in [0.1, 0.15) is 23.6 Å². The molecule has 0 aliphatic heterocycles. The first-order valence-electron chi connectivity index (χ1n) is 6.46. The highest BCUT2D eigenvalue weighted by molar-refractivity contribution is 9.10. The largest absolute Gasteiger partial charge is 0.378 e. The molecule has 1 unspecified atom stereocenters. The summed E-state index contributed by atoms with van der Waals surface area (Å²) in [5.74, 6) is 0. The van der Waals surface area contributed by atoms with Gasteiger partial charge in [-0.05, 0) is 54.5 Å². The quantitative estimate of drug-likeness (QED) is 0.768. The summed E-state index contributed by atoms with van der Waals surface area (Å²) in [6.45, 7) is 0. The number of rotatable bonds is 3. The van der Waals surface area contributed by atoms with Crippen LogP contribution in [0.15, 0.2) is 51.8 Å². The average Bonchev–Trinajstić information content (AvgIpc) is 2.84. The van der Waals surface area contributed by atoms with Crippen molar-refractivity contribution < 1.29 is 0 Å². The van der Waals surface area contributed by atoms with Crippen LogP contribution >= 0.6 is 27.7 Å². The summed E-state index contributed by atoms with van der Waals surface area (Å²) < 4.78 is 1.24. The maximum absolute atomic E-state index is 3.66. The normalized spacial score (nSPS) is 17.3. The van der Waals surface area contributed by atoms with Gasteiger partial charge in [0.25, 0.3) is 0 Å². The van der Waals surface area contributed by atoms with Gasteiger partial charge in [-0.3, -0.25) is 0 Å². The Bertz CT molecular complexity index is 597. The summed E-state index contributed by atoms with van der Waals surface area (Å²) in [5, 5.41) is 3.66. The van der Waals surface area contributed by atoms with E-state index >= 15 is 0 Å². The van der Waals surface area contributed by atoms with Gasteiger partial charge in [-0.25, -0.2) is 0 Å². The van der Waals surface area contributed by atoms with Crippen LogP contribution in [0.3, 0.4) is 0 Å². The molecule has 0 bridgehead atoms. The number of hydrogen-bond acceptors (Lipinski definition) is 2. The molecule has 0 saturated heterocycles. The topological polar surface area (TPSA) is 12.0 Å². The van der Waals surface area contributed by atoms with E-state index in [1.165, 1.54) is 32.6 Å². The van der Waals surface area contributed by atoms with E-state index in [9.17, 15) is 0 Å². The van der Waals surface area contributed by atoms with Gasteiger partial charge in [-0.1, -0.05) is 34.1 Å². The Balaban J connectivity index is 1.84. The summed E-state index contributed by atoms with van der Waals surface area (Å²) in [5.41, 5.74) is 4.11. The third-order valence-electron chi connectivity index (χ3n) is 3.62. The molecule has 0 heterocycles. The van der Waals surface area contributed by atoms with Gasteiger partial charge in [0.2, 0.25) is 0 Å². The number of halogens is 1. The molecule has 3 heteroatoms. The van der Waals surface area contributed by atoms with Crippen LogP contribution < -0.4 is 5.32 Å². The van der Waals surface area contributed by atoms with Crippen LogP contribution in [-0.2, 0) is 6.42 Å². The van der Waals surface area contributed by atoms with E-state index in [1.807, 2.05) is 0 Å². The van der Waals surface area contributed by atoms with E-state index in [0.29, 0.717) is 6.04 Å². The van der Waals surface area contributed by atoms with Gasteiger partial charge in [0, 0.05) is 15.1 Å². The smallest absolute Gasteiger partial charge is 0.0520 e. The molecule has 1 aliphatic carbocycles. The maximum Gasteiger partial charge on any atom is 0.0520 e. The summed E-state index contributed by atoms with van der Waals surface area (Å²) in [7, 11) is 0. The minimum absolute atomic E-state index is 0.435. The van der Waals surface area contributed by atoms with E-state index < -0.39 is 0 Å². The molecular weight excluding hydrogens is 318 g/mol. The minimum atomic E-state index is 0.435. The number of thioether (sulfide) groups is 1. The van der Waals surface area contributed by atoms with Gasteiger partial charge in [0.1, 0.15) is 0 Å². The van der Waals surface area contributed by atoms with Crippen LogP contribution in [0, 0.1) is 0 Å². The van der Waals surface area contributed by atoms with Crippen LogP contribution in [0.4, 0.5) is 5.69 Å². The third kappa shape index (κ3) is 2.67. The van der Waals surface area contributed by atoms with Crippen molar-refractivity contribution in [1.82, 2.24) is 0 Å². The highest BCUT2D eigenvalue weighted by Crippen LogP contribution is 2.37. The van der Waals surface area contributed by atoms with E-state index in [2.05, 4.69) is 70.0 Å². The summed E-state index contributed by atoms with van der Waals surface area (Å²) in [6, 6.07) is 15.6. The van der Waals surface area contributed by atoms with Crippen LogP contribution in [0.2, 0.25) is 0 Å². The Morgan fingerprint density at radius 3 is 2.89 bits per heavy atom. The monoisotopic (exact) mass is 333 g/mol. The van der Waals surface area contributed by atoms with Crippen molar-refractivity contribution in [2.24, 2.45) is 0 Å². The van der Waals surface area contributed by atoms with Crippen molar-refractivity contribution in [2.45, 2.75) is 23.8 Å². The Hall–Kier alpha value is -0.930. The van der Waals surface area contributed by atoms with Crippen LogP contribution in [0.25, 0.3) is 0 Å². The minimum Gasteiger partial charge on any atom is -0.378 e. The molecule has 0 aromatic heterocycles. The number of anilines is 1. The van der Waals surface area contributed by atoms with Crippen LogP contribution in [-0.4, -0.2) is 6.26 Å². The molecular formula is C16H16BrNS. The first-order valence-corrected chi connectivity index (χ1v) is 8.47. The fraction of sp³-hybridized carbons (Fsp3) is 0.250. The zero-order valence-corrected chi connectivity index (χ0v) is 13.2.